The Bertz CT molecular complexity index is 1200. The molecular formula is C23H25N3O5S2. The molecule has 8 nitrogen and oxygen atoms in total. The van der Waals surface area contributed by atoms with Crippen LogP contribution in [0.2, 0.25) is 0 Å². The first-order valence-electron chi connectivity index (χ1n) is 10.7. The number of fused-ring (bicyclic) bond motifs is 1. The summed E-state index contributed by atoms with van der Waals surface area (Å²) in [6.07, 6.45) is -0.333. The van der Waals surface area contributed by atoms with Crippen molar-refractivity contribution in [2.75, 3.05) is 26.2 Å². The molecule has 3 aromatic rings. The van der Waals surface area contributed by atoms with Crippen LogP contribution in [0.3, 0.4) is 0 Å². The van der Waals surface area contributed by atoms with E-state index in [4.69, 9.17) is 4.74 Å². The number of rotatable bonds is 7. The molecule has 1 aromatic heterocycles. The predicted octanol–water partition coefficient (Wildman–Crippen LogP) is 2.69. The van der Waals surface area contributed by atoms with Crippen molar-refractivity contribution >= 4 is 43.5 Å². The normalized spacial score (nSPS) is 16.0. The molecule has 0 aliphatic carbocycles. The maximum atomic E-state index is 12.7. The first kappa shape index (κ1) is 23.3. The number of esters is 1. The minimum Gasteiger partial charge on any atom is -0.453 e. The van der Waals surface area contributed by atoms with Crippen LogP contribution in [0.5, 0.6) is 0 Å². The summed E-state index contributed by atoms with van der Waals surface area (Å²) in [7, 11) is -3.59. The largest absolute Gasteiger partial charge is 0.453 e. The number of piperazine rings is 1. The predicted molar refractivity (Wildman–Crippen MR) is 125 cm³/mol. The Morgan fingerprint density at radius 2 is 1.70 bits per heavy atom. The first-order valence-corrected chi connectivity index (χ1v) is 13.0. The average Bonchev–Trinajstić information content (AvgIpc) is 3.26. The van der Waals surface area contributed by atoms with E-state index < -0.39 is 22.1 Å². The number of para-hydroxylation sites is 1. The first-order chi connectivity index (χ1) is 15.8. The van der Waals surface area contributed by atoms with Crippen molar-refractivity contribution in [3.63, 3.8) is 0 Å². The highest BCUT2D eigenvalue weighted by Gasteiger charge is 2.32. The van der Waals surface area contributed by atoms with Crippen molar-refractivity contribution < 1.29 is 22.7 Å². The fourth-order valence-corrected chi connectivity index (χ4v) is 6.10. The number of carbonyl (C=O) groups excluding carboxylic acids is 2. The van der Waals surface area contributed by atoms with Gasteiger partial charge in [0.25, 0.3) is 5.91 Å². The van der Waals surface area contributed by atoms with E-state index in [-0.39, 0.29) is 43.4 Å². The number of aryl methyl sites for hydroxylation is 1. The highest BCUT2D eigenvalue weighted by Crippen LogP contribution is 2.23. The van der Waals surface area contributed by atoms with Gasteiger partial charge in [-0.1, -0.05) is 30.3 Å². The van der Waals surface area contributed by atoms with E-state index >= 15 is 0 Å². The van der Waals surface area contributed by atoms with Gasteiger partial charge >= 0.3 is 5.97 Å². The lowest BCUT2D eigenvalue weighted by molar-refractivity contribution is -0.159. The molecule has 0 radical (unpaired) electrons. The molecule has 0 saturated carbocycles. The second-order valence-electron chi connectivity index (χ2n) is 7.75. The monoisotopic (exact) mass is 487 g/mol. The molecule has 1 aliphatic heterocycles. The molecule has 0 unspecified atom stereocenters. The second-order valence-corrected chi connectivity index (χ2v) is 10.8. The van der Waals surface area contributed by atoms with Crippen molar-refractivity contribution in [1.82, 2.24) is 14.2 Å². The molecule has 174 valence electrons. The Balaban J connectivity index is 1.25. The Morgan fingerprint density at radius 1 is 1.03 bits per heavy atom. The quantitative estimate of drug-likeness (QED) is 0.476. The number of aromatic nitrogens is 1. The summed E-state index contributed by atoms with van der Waals surface area (Å²) in [5.41, 5.74) is 0.905. The lowest BCUT2D eigenvalue weighted by Crippen LogP contribution is -2.52. The van der Waals surface area contributed by atoms with Crippen LogP contribution in [0.15, 0.2) is 59.5 Å². The SMILES string of the molecule is C[C@H](OC(=O)CCc1nc2ccccc2s1)C(=O)N1CCN(S(=O)(=O)c2ccccc2)CC1. The molecule has 1 aliphatic rings. The van der Waals surface area contributed by atoms with Crippen molar-refractivity contribution in [2.24, 2.45) is 0 Å². The number of hydrogen-bond donors (Lipinski definition) is 0. The standard InChI is InChI=1S/C23H25N3O5S2/c1-17(31-22(27)12-11-21-24-19-9-5-6-10-20(19)32-21)23(28)25-13-15-26(16-14-25)33(29,30)18-7-3-2-4-8-18/h2-10,17H,11-16H2,1H3/t17-/m0/s1. The smallest absolute Gasteiger partial charge is 0.306 e. The maximum Gasteiger partial charge on any atom is 0.306 e. The summed E-state index contributed by atoms with van der Waals surface area (Å²) < 4.78 is 33.3. The molecular weight excluding hydrogens is 462 g/mol. The third kappa shape index (κ3) is 5.40. The Hall–Kier alpha value is -2.82. The van der Waals surface area contributed by atoms with Crippen LogP contribution in [0.1, 0.15) is 18.4 Å². The molecule has 1 saturated heterocycles. The highest BCUT2D eigenvalue weighted by molar-refractivity contribution is 7.89. The van der Waals surface area contributed by atoms with Crippen LogP contribution in [-0.2, 0) is 30.8 Å². The summed E-state index contributed by atoms with van der Waals surface area (Å²) in [6, 6.07) is 16.0. The minimum absolute atomic E-state index is 0.139. The number of amides is 1. The fraction of sp³-hybridized carbons (Fsp3) is 0.348. The third-order valence-corrected chi connectivity index (χ3v) is 8.48. The number of nitrogens with zero attached hydrogens (tertiary/aromatic N) is 3. The van der Waals surface area contributed by atoms with Gasteiger partial charge in [0.2, 0.25) is 10.0 Å². The zero-order valence-electron chi connectivity index (χ0n) is 18.2. The van der Waals surface area contributed by atoms with Gasteiger partial charge in [0.15, 0.2) is 6.10 Å². The second kappa shape index (κ2) is 9.98. The summed E-state index contributed by atoms with van der Waals surface area (Å²) in [6.45, 7) is 2.43. The van der Waals surface area contributed by atoms with Gasteiger partial charge in [-0.25, -0.2) is 13.4 Å². The lowest BCUT2D eigenvalue weighted by atomic mass is 10.2. The summed E-state index contributed by atoms with van der Waals surface area (Å²) in [5.74, 6) is -0.777. The van der Waals surface area contributed by atoms with E-state index in [1.54, 1.807) is 42.2 Å². The molecule has 1 amide bonds. The summed E-state index contributed by atoms with van der Waals surface area (Å²) >= 11 is 1.54. The number of hydrogen-bond acceptors (Lipinski definition) is 7. The van der Waals surface area contributed by atoms with Crippen molar-refractivity contribution in [3.8, 4) is 0 Å². The van der Waals surface area contributed by atoms with Crippen LogP contribution in [0, 0.1) is 0 Å². The van der Waals surface area contributed by atoms with Gasteiger partial charge in [0, 0.05) is 32.6 Å². The molecule has 0 N–H and O–H groups in total. The molecule has 1 atom stereocenters. The number of ether oxygens (including phenoxy) is 1. The zero-order valence-corrected chi connectivity index (χ0v) is 19.8. The van der Waals surface area contributed by atoms with Gasteiger partial charge < -0.3 is 9.64 Å². The summed E-state index contributed by atoms with van der Waals surface area (Å²) in [5, 5.41) is 0.850. The fourth-order valence-electron chi connectivity index (χ4n) is 3.69. The van der Waals surface area contributed by atoms with Crippen LogP contribution in [-0.4, -0.2) is 66.8 Å². The number of carbonyl (C=O) groups is 2. The van der Waals surface area contributed by atoms with Crippen molar-refractivity contribution in [2.45, 2.75) is 30.8 Å². The lowest BCUT2D eigenvalue weighted by Gasteiger charge is -2.35. The highest BCUT2D eigenvalue weighted by atomic mass is 32.2. The molecule has 4 rings (SSSR count). The van der Waals surface area contributed by atoms with E-state index in [2.05, 4.69) is 4.98 Å². The topological polar surface area (TPSA) is 96.9 Å². The van der Waals surface area contributed by atoms with E-state index in [0.29, 0.717) is 6.42 Å². The average molecular weight is 488 g/mol. The molecule has 2 aromatic carbocycles. The van der Waals surface area contributed by atoms with Gasteiger partial charge in [-0.05, 0) is 31.2 Å². The number of benzene rings is 2. The zero-order chi connectivity index (χ0) is 23.4. The van der Waals surface area contributed by atoms with Gasteiger partial charge in [-0.2, -0.15) is 4.31 Å². The van der Waals surface area contributed by atoms with Crippen LogP contribution < -0.4 is 0 Å². The van der Waals surface area contributed by atoms with Gasteiger partial charge in [0.1, 0.15) is 0 Å². The molecule has 1 fully saturated rings. The van der Waals surface area contributed by atoms with Crippen molar-refractivity contribution in [3.05, 3.63) is 59.6 Å². The van der Waals surface area contributed by atoms with E-state index in [1.807, 2.05) is 24.3 Å². The van der Waals surface area contributed by atoms with Crippen LogP contribution in [0.4, 0.5) is 0 Å². The summed E-state index contributed by atoms with van der Waals surface area (Å²) in [4.78, 5) is 31.3. The molecule has 0 bridgehead atoms. The van der Waals surface area contributed by atoms with E-state index in [9.17, 15) is 18.0 Å². The molecule has 33 heavy (non-hydrogen) atoms. The van der Waals surface area contributed by atoms with Crippen LogP contribution in [0.25, 0.3) is 10.2 Å². The molecule has 10 heteroatoms. The number of sulfonamides is 1. The molecule has 0 spiro atoms. The molecule has 2 heterocycles. The Labute approximate surface area is 196 Å². The van der Waals surface area contributed by atoms with Gasteiger partial charge in [-0.15, -0.1) is 11.3 Å². The Kier molecular flexibility index (Phi) is 7.06. The third-order valence-electron chi connectivity index (χ3n) is 5.47. The minimum atomic E-state index is -3.59. The maximum absolute atomic E-state index is 12.7. The van der Waals surface area contributed by atoms with Gasteiger partial charge in [0.05, 0.1) is 26.5 Å². The Morgan fingerprint density at radius 3 is 2.39 bits per heavy atom. The van der Waals surface area contributed by atoms with Crippen LogP contribution >= 0.6 is 11.3 Å². The van der Waals surface area contributed by atoms with Gasteiger partial charge in [-0.3, -0.25) is 9.59 Å². The number of thiazole rings is 1. The van der Waals surface area contributed by atoms with Crippen molar-refractivity contribution in [1.29, 1.82) is 0 Å². The van der Waals surface area contributed by atoms with E-state index in [0.717, 1.165) is 15.2 Å². The van der Waals surface area contributed by atoms with E-state index in [1.165, 1.54) is 15.6 Å².